The molecule has 0 unspecified atom stereocenters. The van der Waals surface area contributed by atoms with Crippen LogP contribution in [0.2, 0.25) is 0 Å². The maximum atomic E-state index is 8.28. The van der Waals surface area contributed by atoms with Gasteiger partial charge in [-0.15, -0.1) is 0 Å². The summed E-state index contributed by atoms with van der Waals surface area (Å²) in [4.78, 5) is 0. The van der Waals surface area contributed by atoms with E-state index in [-0.39, 0.29) is 90.9 Å². The average Bonchev–Trinajstić information content (AvgIpc) is 1.00. The van der Waals surface area contributed by atoms with Crippen molar-refractivity contribution in [3.63, 3.8) is 0 Å². The van der Waals surface area contributed by atoms with E-state index in [1.807, 2.05) is 0 Å². The van der Waals surface area contributed by atoms with Crippen LogP contribution in [0.1, 0.15) is 2.85 Å². The predicted molar refractivity (Wildman–Crippen MR) is 10.1 cm³/mol. The Kier molecular flexibility index (Phi) is 453. The van der Waals surface area contributed by atoms with E-state index in [0.29, 0.717) is 16.2 Å². The van der Waals surface area contributed by atoms with Gasteiger partial charge in [0.25, 0.3) is 0 Å². The molecule has 0 aromatic carbocycles. The summed E-state index contributed by atoms with van der Waals surface area (Å²) < 4.78 is 8.28. The van der Waals surface area contributed by atoms with Gasteiger partial charge in [0.2, 0.25) is 0 Å². The fourth-order valence-electron chi connectivity index (χ4n) is 0. The topological polar surface area (TPSA) is 17.1 Å². The Balaban J connectivity index is -0.000000000238. The van der Waals surface area contributed by atoms with Crippen molar-refractivity contribution in [3.05, 3.63) is 0 Å². The second-order valence-electron chi connectivity index (χ2n) is 0. The van der Waals surface area contributed by atoms with E-state index in [1.165, 1.54) is 0 Å². The molecule has 0 atom stereocenters. The molecule has 0 aliphatic rings. The van der Waals surface area contributed by atoms with Crippen molar-refractivity contribution in [3.8, 4) is 0 Å². The Labute approximate surface area is 109 Å². The predicted octanol–water partition coefficient (Wildman–Crippen LogP) is -6.54. The number of hydrogen-bond donors (Lipinski definition) is 0. The second kappa shape index (κ2) is 63.1. The Morgan fingerprint density at radius 3 is 1.14 bits per heavy atom. The van der Waals surface area contributed by atoms with Crippen molar-refractivity contribution < 1.29 is 94.7 Å². The molecule has 2 radical (unpaired) electrons. The van der Waals surface area contributed by atoms with Crippen molar-refractivity contribution in [1.29, 1.82) is 0 Å². The average molecular weight is 232 g/mol. The second-order valence-corrected chi connectivity index (χ2v) is 0. The molecule has 0 spiro atoms. The Morgan fingerprint density at radius 1 is 1.14 bits per heavy atom. The SMILES string of the molecule is [Co].[H-].[H-].[Li+].[Li+].[Mn].[Ni].[O]=[AlH]. The molecular weight excluding hydrogens is 229 g/mol. The normalized spacial score (nSPS) is 0.429. The first-order valence-electron chi connectivity index (χ1n) is 0.289. The molecule has 0 heterocycles. The molecule has 0 aliphatic heterocycles. The molecule has 0 aromatic heterocycles. The van der Waals surface area contributed by atoms with Gasteiger partial charge >= 0.3 is 57.7 Å². The molecular formula is H3AlCoLi2MnNiO. The van der Waals surface area contributed by atoms with Gasteiger partial charge in [0, 0.05) is 50.3 Å². The minimum absolute atomic E-state index is 0. The zero-order chi connectivity index (χ0) is 2.00. The molecule has 0 amide bonds. The Bertz CT molecular complexity index is 24.5. The van der Waals surface area contributed by atoms with E-state index in [0.717, 1.165) is 0 Å². The molecule has 0 rings (SSSR count). The molecule has 1 nitrogen and oxygen atoms in total. The fourth-order valence-corrected chi connectivity index (χ4v) is 0. The molecule has 7 heavy (non-hydrogen) atoms. The van der Waals surface area contributed by atoms with Crippen LogP contribution in [0.3, 0.4) is 0 Å². The van der Waals surface area contributed by atoms with Crippen LogP contribution in [0.15, 0.2) is 0 Å². The minimum atomic E-state index is 0. The van der Waals surface area contributed by atoms with Gasteiger partial charge in [-0.05, 0) is 0 Å². The molecule has 0 saturated heterocycles. The van der Waals surface area contributed by atoms with E-state index >= 15 is 0 Å². The van der Waals surface area contributed by atoms with Gasteiger partial charge in [-0.25, -0.2) is 0 Å². The van der Waals surface area contributed by atoms with Gasteiger partial charge in [-0.1, -0.05) is 0 Å². The van der Waals surface area contributed by atoms with Crippen molar-refractivity contribution in [2.45, 2.75) is 0 Å². The van der Waals surface area contributed by atoms with Gasteiger partial charge in [0.05, 0.1) is 0 Å². The van der Waals surface area contributed by atoms with Crippen LogP contribution in [-0.2, 0) is 54.1 Å². The summed E-state index contributed by atoms with van der Waals surface area (Å²) in [6.07, 6.45) is 0. The van der Waals surface area contributed by atoms with Crippen molar-refractivity contribution in [1.82, 2.24) is 0 Å². The Hall–Kier alpha value is 3.05. The summed E-state index contributed by atoms with van der Waals surface area (Å²) in [5.74, 6) is 0. The molecule has 0 aromatic rings. The van der Waals surface area contributed by atoms with Gasteiger partial charge < -0.3 is 2.85 Å². The van der Waals surface area contributed by atoms with Crippen LogP contribution < -0.4 is 37.7 Å². The summed E-state index contributed by atoms with van der Waals surface area (Å²) in [5.41, 5.74) is 0. The van der Waals surface area contributed by atoms with Gasteiger partial charge in [0.1, 0.15) is 0 Å². The molecule has 7 heteroatoms. The first kappa shape index (κ1) is 50.2. The van der Waals surface area contributed by atoms with Crippen molar-refractivity contribution >= 4 is 16.2 Å². The Morgan fingerprint density at radius 2 is 1.14 bits per heavy atom. The zero-order valence-corrected chi connectivity index (χ0v) is 8.77. The van der Waals surface area contributed by atoms with Crippen LogP contribution in [0.4, 0.5) is 0 Å². The van der Waals surface area contributed by atoms with Crippen LogP contribution in [0.25, 0.3) is 0 Å². The molecule has 40 valence electrons. The van der Waals surface area contributed by atoms with E-state index < -0.39 is 0 Å². The fraction of sp³-hybridized carbons (Fsp3) is 0. The first-order chi connectivity index (χ1) is 1.00. The zero-order valence-electron chi connectivity index (χ0n) is 6.14. The summed E-state index contributed by atoms with van der Waals surface area (Å²) in [6.45, 7) is 0. The quantitative estimate of drug-likeness (QED) is 0.380. The van der Waals surface area contributed by atoms with Gasteiger partial charge in [-0.2, -0.15) is 0 Å². The molecule has 0 N–H and O–H groups in total. The van der Waals surface area contributed by atoms with Crippen molar-refractivity contribution in [2.24, 2.45) is 0 Å². The third-order valence-electron chi connectivity index (χ3n) is 0. The number of hydrogen-bond acceptors (Lipinski definition) is 1. The van der Waals surface area contributed by atoms with E-state index in [2.05, 4.69) is 0 Å². The van der Waals surface area contributed by atoms with E-state index in [4.69, 9.17) is 3.80 Å². The van der Waals surface area contributed by atoms with Gasteiger partial charge in [0.15, 0.2) is 0 Å². The van der Waals surface area contributed by atoms with Crippen LogP contribution in [-0.4, -0.2) is 16.2 Å². The van der Waals surface area contributed by atoms with Crippen LogP contribution >= 0.6 is 0 Å². The molecule has 0 fully saturated rings. The molecule has 0 aliphatic carbocycles. The van der Waals surface area contributed by atoms with Crippen LogP contribution in [0.5, 0.6) is 0 Å². The molecule has 0 saturated carbocycles. The van der Waals surface area contributed by atoms with Crippen LogP contribution in [0, 0.1) is 0 Å². The van der Waals surface area contributed by atoms with E-state index in [9.17, 15) is 0 Å². The molecule has 0 bridgehead atoms. The standard InChI is InChI=1S/Al.Co.2Li.Mn.Ni.O.3H/q;;2*+1;;;;;2*-1. The maximum absolute atomic E-state index is 8.28. The van der Waals surface area contributed by atoms with Crippen molar-refractivity contribution in [2.75, 3.05) is 0 Å². The third kappa shape index (κ3) is 48.4. The summed E-state index contributed by atoms with van der Waals surface area (Å²) in [5, 5.41) is 0. The summed E-state index contributed by atoms with van der Waals surface area (Å²) in [7, 11) is 0. The van der Waals surface area contributed by atoms with E-state index in [1.54, 1.807) is 0 Å². The monoisotopic (exact) mass is 232 g/mol. The third-order valence-corrected chi connectivity index (χ3v) is 0. The summed E-state index contributed by atoms with van der Waals surface area (Å²) in [6, 6.07) is 0. The number of rotatable bonds is 0. The summed E-state index contributed by atoms with van der Waals surface area (Å²) >= 11 is 0.611. The van der Waals surface area contributed by atoms with Gasteiger partial charge in [-0.3, -0.25) is 0 Å². The first-order valence-corrected chi connectivity index (χ1v) is 0.866.